The second-order valence-electron chi connectivity index (χ2n) is 1.43. The van der Waals surface area contributed by atoms with E-state index in [-0.39, 0.29) is 0 Å². The molecule has 0 spiro atoms. The normalized spacial score (nSPS) is 14.5. The first kappa shape index (κ1) is 11.0. The number of hydrogen-bond acceptors (Lipinski definition) is 2. The van der Waals surface area contributed by atoms with Crippen molar-refractivity contribution in [3.8, 4) is 0 Å². The number of halogens is 4. The van der Waals surface area contributed by atoms with Crippen molar-refractivity contribution in [3.05, 3.63) is 0 Å². The van der Waals surface area contributed by atoms with Crippen LogP contribution in [0.4, 0.5) is 0 Å². The molecule has 0 aliphatic heterocycles. The minimum Gasteiger partial charge on any atom is -0.468 e. The summed E-state index contributed by atoms with van der Waals surface area (Å²) in [4.78, 5) is 9.92. The molecule has 0 aliphatic carbocycles. The number of alkyl halides is 4. The Morgan fingerprint density at radius 2 is 2.10 bits per heavy atom. The second kappa shape index (κ2) is 4.14. The van der Waals surface area contributed by atoms with Gasteiger partial charge in [0.15, 0.2) is 8.07 Å². The van der Waals surface area contributed by atoms with E-state index in [1.165, 1.54) is 7.11 Å². The lowest BCUT2D eigenvalue weighted by atomic mass is 10.5. The molecule has 2 nitrogen and oxygen atoms in total. The Morgan fingerprint density at radius 3 is 2.20 bits per heavy atom. The highest BCUT2D eigenvalue weighted by atomic mass is 79.9. The van der Waals surface area contributed by atoms with Crippen LogP contribution >= 0.6 is 55.1 Å². The van der Waals surface area contributed by atoms with E-state index < -0.39 is 14.0 Å². The summed E-state index contributed by atoms with van der Waals surface area (Å²) in [5, 5.41) is 0. The fraction of sp³-hybridized carbons (Fsp3) is 0.750. The fourth-order valence-corrected chi connectivity index (χ4v) is 0.789. The van der Waals surface area contributed by atoms with Gasteiger partial charge < -0.3 is 4.74 Å². The highest BCUT2D eigenvalue weighted by Crippen LogP contribution is 2.37. The zero-order valence-electron chi connectivity index (χ0n) is 4.91. The van der Waals surface area contributed by atoms with Gasteiger partial charge in [-0.1, -0.05) is 39.1 Å². The molecule has 1 atom stereocenters. The Hall–Kier alpha value is 1.01. The number of carbonyl (C=O) groups excluding carboxylic acids is 1. The van der Waals surface area contributed by atoms with E-state index >= 15 is 0 Å². The molecule has 0 rings (SSSR count). The van der Waals surface area contributed by atoms with Crippen molar-refractivity contribution >= 4 is 61.0 Å². The summed E-state index contributed by atoms with van der Waals surface area (Å²) in [6.07, 6.45) is 0. The van der Waals surface area contributed by atoms with Gasteiger partial charge in [0, 0.05) is 0 Å². The quantitative estimate of drug-likeness (QED) is 0.578. The van der Waals surface area contributed by atoms with Crippen LogP contribution in [0, 0.1) is 0 Å². The van der Waals surface area contributed by atoms with Gasteiger partial charge in [0.2, 0.25) is 0 Å². The molecule has 0 saturated heterocycles. The lowest BCUT2D eigenvalue weighted by Crippen LogP contribution is -2.28. The molecule has 0 aliphatic rings. The van der Waals surface area contributed by atoms with Crippen molar-refractivity contribution in [2.75, 3.05) is 7.11 Å². The molecule has 60 valence electrons. The van der Waals surface area contributed by atoms with E-state index in [4.69, 9.17) is 23.2 Å². The van der Waals surface area contributed by atoms with Crippen LogP contribution in [-0.2, 0) is 9.53 Å². The van der Waals surface area contributed by atoms with Crippen LogP contribution in [0.25, 0.3) is 0 Å². The lowest BCUT2D eigenvalue weighted by molar-refractivity contribution is -0.139. The molecule has 0 fully saturated rings. The smallest absolute Gasteiger partial charge is 0.323 e. The van der Waals surface area contributed by atoms with Crippen molar-refractivity contribution in [2.24, 2.45) is 0 Å². The molecule has 0 radical (unpaired) electrons. The zero-order valence-corrected chi connectivity index (χ0v) is 9.59. The molecule has 6 heteroatoms. The summed E-state index contributed by atoms with van der Waals surface area (Å²) in [5.41, 5.74) is 0. The van der Waals surface area contributed by atoms with E-state index in [1.807, 2.05) is 0 Å². The van der Waals surface area contributed by atoms with Crippen LogP contribution < -0.4 is 0 Å². The van der Waals surface area contributed by atoms with Crippen molar-refractivity contribution in [1.82, 2.24) is 0 Å². The third-order valence-corrected chi connectivity index (χ3v) is 3.79. The van der Waals surface area contributed by atoms with Crippen molar-refractivity contribution in [1.29, 1.82) is 0 Å². The van der Waals surface area contributed by atoms with Crippen LogP contribution in [0.3, 0.4) is 0 Å². The first-order chi connectivity index (χ1) is 4.39. The second-order valence-corrected chi connectivity index (χ2v) is 5.89. The molecule has 0 amide bonds. The third-order valence-electron chi connectivity index (χ3n) is 0.696. The van der Waals surface area contributed by atoms with Crippen molar-refractivity contribution < 1.29 is 9.53 Å². The van der Waals surface area contributed by atoms with Crippen LogP contribution in [0.5, 0.6) is 0 Å². The molecule has 0 bridgehead atoms. The topological polar surface area (TPSA) is 26.3 Å². The molecule has 0 aromatic carbocycles. The van der Waals surface area contributed by atoms with Crippen molar-refractivity contribution in [2.45, 2.75) is 8.07 Å². The Labute approximate surface area is 85.5 Å². The SMILES string of the molecule is COC(=O)C(Br)C(Cl)(Cl)Br. The van der Waals surface area contributed by atoms with E-state index in [2.05, 4.69) is 36.6 Å². The van der Waals surface area contributed by atoms with E-state index in [0.717, 1.165) is 0 Å². The summed E-state index contributed by atoms with van der Waals surface area (Å²) in [6.45, 7) is 0. The van der Waals surface area contributed by atoms with Gasteiger partial charge in [-0.15, -0.1) is 0 Å². The molecule has 0 aromatic rings. The summed E-state index contributed by atoms with van der Waals surface area (Å²) in [6, 6.07) is 0. The third kappa shape index (κ3) is 3.42. The fourth-order valence-electron chi connectivity index (χ4n) is 0.237. The Kier molecular flexibility index (Phi) is 4.56. The number of rotatable bonds is 2. The first-order valence-corrected chi connectivity index (χ1v) is 4.64. The molecule has 0 saturated carbocycles. The minimum atomic E-state index is -1.32. The maximum absolute atomic E-state index is 10.7. The average Bonchev–Trinajstić information content (AvgIpc) is 1.83. The maximum Gasteiger partial charge on any atom is 0.323 e. The van der Waals surface area contributed by atoms with E-state index in [1.54, 1.807) is 0 Å². The van der Waals surface area contributed by atoms with Gasteiger partial charge in [-0.25, -0.2) is 0 Å². The predicted molar refractivity (Wildman–Crippen MR) is 48.1 cm³/mol. The van der Waals surface area contributed by atoms with Crippen LogP contribution in [0.15, 0.2) is 0 Å². The Bertz CT molecular complexity index is 134. The highest BCUT2D eigenvalue weighted by Gasteiger charge is 2.36. The highest BCUT2D eigenvalue weighted by molar-refractivity contribution is 9.13. The molecule has 0 N–H and O–H groups in total. The van der Waals surface area contributed by atoms with E-state index in [9.17, 15) is 4.79 Å². The van der Waals surface area contributed by atoms with Crippen LogP contribution in [0.2, 0.25) is 0 Å². The van der Waals surface area contributed by atoms with Gasteiger partial charge in [-0.3, -0.25) is 4.79 Å². The van der Waals surface area contributed by atoms with Gasteiger partial charge in [-0.05, 0) is 15.9 Å². The van der Waals surface area contributed by atoms with Gasteiger partial charge in [0.05, 0.1) is 7.11 Å². The Morgan fingerprint density at radius 1 is 1.70 bits per heavy atom. The molecular weight excluding hydrogens is 311 g/mol. The number of carbonyl (C=O) groups is 1. The monoisotopic (exact) mass is 312 g/mol. The van der Waals surface area contributed by atoms with Gasteiger partial charge in [-0.2, -0.15) is 0 Å². The Balaban J connectivity index is 4.08. The molecule has 0 heterocycles. The zero-order chi connectivity index (χ0) is 8.36. The summed E-state index contributed by atoms with van der Waals surface area (Å²) < 4.78 is 3.03. The molecule has 0 aromatic heterocycles. The van der Waals surface area contributed by atoms with Gasteiger partial charge in [0.25, 0.3) is 0 Å². The molecule has 1 unspecified atom stereocenters. The summed E-state index contributed by atoms with van der Waals surface area (Å²) in [7, 11) is 1.25. The standard InChI is InChI=1S/C4H4Br2Cl2O2/c1-10-3(9)2(5)4(6,7)8/h2H,1H3. The number of hydrogen-bond donors (Lipinski definition) is 0. The first-order valence-electron chi connectivity index (χ1n) is 2.18. The molecule has 10 heavy (non-hydrogen) atoms. The van der Waals surface area contributed by atoms with Gasteiger partial charge in [0.1, 0.15) is 0 Å². The van der Waals surface area contributed by atoms with Crippen LogP contribution in [0.1, 0.15) is 0 Å². The van der Waals surface area contributed by atoms with Crippen molar-refractivity contribution in [3.63, 3.8) is 0 Å². The largest absolute Gasteiger partial charge is 0.468 e. The maximum atomic E-state index is 10.7. The van der Waals surface area contributed by atoms with Gasteiger partial charge >= 0.3 is 5.97 Å². The number of ether oxygens (including phenoxy) is 1. The minimum absolute atomic E-state index is 0.526. The summed E-state index contributed by atoms with van der Waals surface area (Å²) >= 11 is 16.8. The summed E-state index contributed by atoms with van der Waals surface area (Å²) in [5.74, 6) is -0.526. The lowest BCUT2D eigenvalue weighted by Gasteiger charge is -2.15. The number of methoxy groups -OCH3 is 1. The van der Waals surface area contributed by atoms with E-state index in [0.29, 0.717) is 0 Å². The molecular formula is C4H4Br2Cl2O2. The predicted octanol–water partition coefficient (Wildman–Crippen LogP) is 2.45. The average molecular weight is 315 g/mol. The number of esters is 1. The van der Waals surface area contributed by atoms with Crippen LogP contribution in [-0.4, -0.2) is 21.1 Å².